The van der Waals surface area contributed by atoms with Gasteiger partial charge in [0, 0.05) is 29.7 Å². The van der Waals surface area contributed by atoms with Crippen LogP contribution in [0.15, 0.2) is 47.8 Å². The van der Waals surface area contributed by atoms with Gasteiger partial charge in [0.05, 0.1) is 24.2 Å². The maximum Gasteiger partial charge on any atom is 0.416 e. The van der Waals surface area contributed by atoms with Crippen molar-refractivity contribution in [1.82, 2.24) is 9.88 Å². The molecule has 1 N–H and O–H groups in total. The number of allylic oxidation sites excluding steroid dienone is 1. The molecule has 0 bridgehead atoms. The minimum Gasteiger partial charge on any atom is -0.481 e. The standard InChI is InChI=1S/C22H24F3N3O3/c1-13-17(21(29)31-12-11-28(2)3)18(14-7-5-6-8-15(14)22(23,24)25)19-16(27-13)9-10-26-20(19)30-4/h5-10,18,27H,11-12H2,1-4H3. The molecule has 0 saturated heterocycles. The van der Waals surface area contributed by atoms with Gasteiger partial charge in [-0.1, -0.05) is 18.2 Å². The van der Waals surface area contributed by atoms with Crippen LogP contribution in [-0.4, -0.2) is 50.2 Å². The molecule has 1 atom stereocenters. The number of hydrogen-bond donors (Lipinski definition) is 1. The largest absolute Gasteiger partial charge is 0.481 e. The lowest BCUT2D eigenvalue weighted by Crippen LogP contribution is -2.28. The van der Waals surface area contributed by atoms with Crippen molar-refractivity contribution in [1.29, 1.82) is 0 Å². The summed E-state index contributed by atoms with van der Waals surface area (Å²) in [5.41, 5.74) is 0.489. The first-order valence-corrected chi connectivity index (χ1v) is 9.63. The fraction of sp³-hybridized carbons (Fsp3) is 0.364. The molecular weight excluding hydrogens is 411 g/mol. The van der Waals surface area contributed by atoms with Gasteiger partial charge >= 0.3 is 12.1 Å². The van der Waals surface area contributed by atoms with Crippen molar-refractivity contribution < 1.29 is 27.4 Å². The maximum absolute atomic E-state index is 13.9. The Morgan fingerprint density at radius 3 is 2.58 bits per heavy atom. The quantitative estimate of drug-likeness (QED) is 0.691. The van der Waals surface area contributed by atoms with E-state index in [0.717, 1.165) is 6.07 Å². The molecule has 1 aliphatic heterocycles. The molecule has 1 aromatic carbocycles. The van der Waals surface area contributed by atoms with Crippen LogP contribution in [0.2, 0.25) is 0 Å². The highest BCUT2D eigenvalue weighted by molar-refractivity contribution is 5.95. The van der Waals surface area contributed by atoms with Crippen molar-refractivity contribution in [2.45, 2.75) is 19.0 Å². The summed E-state index contributed by atoms with van der Waals surface area (Å²) in [6.07, 6.45) is -3.12. The molecule has 166 valence electrons. The summed E-state index contributed by atoms with van der Waals surface area (Å²) in [6.45, 7) is 2.23. The molecule has 0 spiro atoms. The van der Waals surface area contributed by atoms with E-state index in [9.17, 15) is 18.0 Å². The number of carbonyl (C=O) groups is 1. The molecule has 0 amide bonds. The summed E-state index contributed by atoms with van der Waals surface area (Å²) < 4.78 is 52.4. The smallest absolute Gasteiger partial charge is 0.416 e. The first-order valence-electron chi connectivity index (χ1n) is 9.63. The maximum atomic E-state index is 13.9. The van der Waals surface area contributed by atoms with Gasteiger partial charge in [-0.15, -0.1) is 0 Å². The zero-order valence-electron chi connectivity index (χ0n) is 17.7. The van der Waals surface area contributed by atoms with E-state index in [4.69, 9.17) is 9.47 Å². The fourth-order valence-electron chi connectivity index (χ4n) is 3.62. The molecule has 0 aliphatic carbocycles. The van der Waals surface area contributed by atoms with E-state index in [2.05, 4.69) is 10.3 Å². The van der Waals surface area contributed by atoms with Crippen LogP contribution in [0, 0.1) is 0 Å². The highest BCUT2D eigenvalue weighted by atomic mass is 19.4. The Morgan fingerprint density at radius 1 is 1.23 bits per heavy atom. The number of anilines is 1. The van der Waals surface area contributed by atoms with Crippen molar-refractivity contribution >= 4 is 11.7 Å². The van der Waals surface area contributed by atoms with Crippen LogP contribution in [0.3, 0.4) is 0 Å². The summed E-state index contributed by atoms with van der Waals surface area (Å²) in [5.74, 6) is -1.62. The molecular formula is C22H24F3N3O3. The molecule has 6 nitrogen and oxygen atoms in total. The van der Waals surface area contributed by atoms with Crippen molar-refractivity contribution in [2.75, 3.05) is 39.7 Å². The third-order valence-electron chi connectivity index (χ3n) is 5.02. The van der Waals surface area contributed by atoms with Gasteiger partial charge in [0.25, 0.3) is 0 Å². The zero-order chi connectivity index (χ0) is 22.8. The Hall–Kier alpha value is -3.07. The number of rotatable bonds is 6. The zero-order valence-corrected chi connectivity index (χ0v) is 17.7. The van der Waals surface area contributed by atoms with E-state index in [1.165, 1.54) is 31.5 Å². The van der Waals surface area contributed by atoms with Crippen molar-refractivity contribution in [3.8, 4) is 5.88 Å². The summed E-state index contributed by atoms with van der Waals surface area (Å²) in [6, 6.07) is 6.85. The van der Waals surface area contributed by atoms with E-state index in [1.807, 2.05) is 19.0 Å². The van der Waals surface area contributed by atoms with Crippen LogP contribution < -0.4 is 10.1 Å². The second-order valence-corrected chi connectivity index (χ2v) is 7.40. The lowest BCUT2D eigenvalue weighted by Gasteiger charge is -2.32. The number of fused-ring (bicyclic) bond motifs is 1. The Bertz CT molecular complexity index is 1000. The SMILES string of the molecule is COc1nccc2c1C(c1ccccc1C(F)(F)F)C(C(=O)OCCN(C)C)=C(C)N2. The monoisotopic (exact) mass is 435 g/mol. The highest BCUT2D eigenvalue weighted by Gasteiger charge is 2.42. The first kappa shape index (κ1) is 22.6. The van der Waals surface area contributed by atoms with Crippen LogP contribution in [-0.2, 0) is 15.7 Å². The Balaban J connectivity index is 2.20. The van der Waals surface area contributed by atoms with Crippen LogP contribution in [0.1, 0.15) is 29.5 Å². The van der Waals surface area contributed by atoms with Crippen molar-refractivity contribution in [3.05, 3.63) is 64.5 Å². The molecule has 31 heavy (non-hydrogen) atoms. The summed E-state index contributed by atoms with van der Waals surface area (Å²) in [5, 5.41) is 3.09. The average Bonchev–Trinajstić information content (AvgIpc) is 2.71. The summed E-state index contributed by atoms with van der Waals surface area (Å²) in [7, 11) is 5.04. The number of alkyl halides is 3. The number of carbonyl (C=O) groups excluding carboxylic acids is 1. The number of benzene rings is 1. The summed E-state index contributed by atoms with van der Waals surface area (Å²) in [4.78, 5) is 19.1. The van der Waals surface area contributed by atoms with E-state index in [1.54, 1.807) is 13.0 Å². The minimum atomic E-state index is -4.61. The normalized spacial score (nSPS) is 16.1. The van der Waals surface area contributed by atoms with Gasteiger partial charge in [0.1, 0.15) is 6.61 Å². The molecule has 9 heteroatoms. The Morgan fingerprint density at radius 2 is 1.94 bits per heavy atom. The fourth-order valence-corrected chi connectivity index (χ4v) is 3.62. The number of halogens is 3. The third kappa shape index (κ3) is 4.66. The number of methoxy groups -OCH3 is 1. The molecule has 1 aliphatic rings. The highest BCUT2D eigenvalue weighted by Crippen LogP contribution is 2.48. The third-order valence-corrected chi connectivity index (χ3v) is 5.02. The van der Waals surface area contributed by atoms with E-state index in [0.29, 0.717) is 23.5 Å². The number of hydrogen-bond acceptors (Lipinski definition) is 6. The van der Waals surface area contributed by atoms with Gasteiger partial charge in [0.2, 0.25) is 5.88 Å². The van der Waals surface area contributed by atoms with Gasteiger partial charge in [-0.2, -0.15) is 13.2 Å². The van der Waals surface area contributed by atoms with Crippen molar-refractivity contribution in [3.63, 3.8) is 0 Å². The van der Waals surface area contributed by atoms with Crippen LogP contribution in [0.4, 0.5) is 18.9 Å². The topological polar surface area (TPSA) is 63.7 Å². The molecule has 0 radical (unpaired) electrons. The number of ether oxygens (including phenoxy) is 2. The number of likely N-dealkylation sites (N-methyl/N-ethyl adjacent to an activating group) is 1. The molecule has 0 saturated carbocycles. The van der Waals surface area contributed by atoms with E-state index in [-0.39, 0.29) is 23.6 Å². The second kappa shape index (κ2) is 8.97. The lowest BCUT2D eigenvalue weighted by atomic mass is 9.79. The van der Waals surface area contributed by atoms with Crippen LogP contribution in [0.25, 0.3) is 0 Å². The van der Waals surface area contributed by atoms with Gasteiger partial charge in [-0.3, -0.25) is 0 Å². The lowest BCUT2D eigenvalue weighted by molar-refractivity contribution is -0.141. The van der Waals surface area contributed by atoms with E-state index < -0.39 is 23.6 Å². The minimum absolute atomic E-state index is 0.0667. The molecule has 1 aromatic heterocycles. The average molecular weight is 435 g/mol. The predicted octanol–water partition coefficient (Wildman–Crippen LogP) is 4.05. The van der Waals surface area contributed by atoms with Crippen LogP contribution in [0.5, 0.6) is 5.88 Å². The predicted molar refractivity (Wildman–Crippen MR) is 110 cm³/mol. The molecule has 1 unspecified atom stereocenters. The Labute approximate surface area is 178 Å². The van der Waals surface area contributed by atoms with Crippen LogP contribution >= 0.6 is 0 Å². The first-order chi connectivity index (χ1) is 14.6. The summed E-state index contributed by atoms with van der Waals surface area (Å²) >= 11 is 0. The Kier molecular flexibility index (Phi) is 6.54. The number of nitrogens with one attached hydrogen (secondary N) is 1. The van der Waals surface area contributed by atoms with Gasteiger partial charge in [0.15, 0.2) is 0 Å². The number of aromatic nitrogens is 1. The number of nitrogens with zero attached hydrogens (tertiary/aromatic N) is 2. The van der Waals surface area contributed by atoms with Gasteiger partial charge in [-0.25, -0.2) is 9.78 Å². The van der Waals surface area contributed by atoms with Gasteiger partial charge in [-0.05, 0) is 38.7 Å². The molecule has 2 aromatic rings. The van der Waals surface area contributed by atoms with Crippen molar-refractivity contribution in [2.24, 2.45) is 0 Å². The molecule has 3 rings (SSSR count). The molecule has 2 heterocycles. The second-order valence-electron chi connectivity index (χ2n) is 7.40. The molecule has 0 fully saturated rings. The number of esters is 1. The van der Waals surface area contributed by atoms with E-state index >= 15 is 0 Å². The van der Waals surface area contributed by atoms with Gasteiger partial charge < -0.3 is 19.7 Å². The number of pyridine rings is 1.